The van der Waals surface area contributed by atoms with Crippen LogP contribution < -0.4 is 5.32 Å². The first-order chi connectivity index (χ1) is 11.8. The number of thiophene rings is 1. The molecule has 2 aromatic rings. The summed E-state index contributed by atoms with van der Waals surface area (Å²) in [5.41, 5.74) is 0.861. The lowest BCUT2D eigenvalue weighted by atomic mass is 10.1. The van der Waals surface area contributed by atoms with E-state index in [1.807, 2.05) is 39.8 Å². The number of hydrogen-bond donors (Lipinski definition) is 1. The van der Waals surface area contributed by atoms with Gasteiger partial charge in [0.05, 0.1) is 15.8 Å². The highest BCUT2D eigenvalue weighted by molar-refractivity contribution is 7.89. The summed E-state index contributed by atoms with van der Waals surface area (Å²) in [7, 11) is -3.46. The minimum Gasteiger partial charge on any atom is -0.345 e. The highest BCUT2D eigenvalue weighted by Gasteiger charge is 2.21. The van der Waals surface area contributed by atoms with Crippen molar-refractivity contribution < 1.29 is 13.2 Å². The van der Waals surface area contributed by atoms with Crippen LogP contribution in [0, 0.1) is 6.92 Å². The Morgan fingerprint density at radius 3 is 2.20 bits per heavy atom. The summed E-state index contributed by atoms with van der Waals surface area (Å²) in [6.45, 7) is 8.35. The van der Waals surface area contributed by atoms with Gasteiger partial charge in [-0.05, 0) is 43.7 Å². The second-order valence-corrected chi connectivity index (χ2v) is 8.99. The van der Waals surface area contributed by atoms with Crippen LogP contribution in [0.2, 0.25) is 0 Å². The zero-order chi connectivity index (χ0) is 18.6. The van der Waals surface area contributed by atoms with Gasteiger partial charge in [-0.2, -0.15) is 4.31 Å². The Morgan fingerprint density at radius 1 is 1.12 bits per heavy atom. The maximum absolute atomic E-state index is 12.5. The van der Waals surface area contributed by atoms with Gasteiger partial charge in [-0.25, -0.2) is 8.42 Å². The van der Waals surface area contributed by atoms with Gasteiger partial charge in [0, 0.05) is 18.0 Å². The summed E-state index contributed by atoms with van der Waals surface area (Å²) in [4.78, 5) is 14.3. The van der Waals surface area contributed by atoms with Gasteiger partial charge in [-0.3, -0.25) is 4.79 Å². The summed E-state index contributed by atoms with van der Waals surface area (Å²) in [6.07, 6.45) is 0. The number of rotatable bonds is 7. The van der Waals surface area contributed by atoms with Crippen LogP contribution in [0.1, 0.15) is 46.9 Å². The first kappa shape index (κ1) is 19.6. The molecule has 0 saturated heterocycles. The molecule has 1 aromatic carbocycles. The van der Waals surface area contributed by atoms with Crippen molar-refractivity contribution in [3.63, 3.8) is 0 Å². The van der Waals surface area contributed by atoms with Gasteiger partial charge in [-0.15, -0.1) is 11.3 Å². The molecule has 0 saturated carbocycles. The predicted octanol–water partition coefficient (Wildman–Crippen LogP) is 3.58. The van der Waals surface area contributed by atoms with Gasteiger partial charge in [0.15, 0.2) is 0 Å². The fourth-order valence-corrected chi connectivity index (χ4v) is 4.78. The third-order valence-corrected chi connectivity index (χ3v) is 7.10. The van der Waals surface area contributed by atoms with Gasteiger partial charge in [-0.1, -0.05) is 26.0 Å². The van der Waals surface area contributed by atoms with Crippen molar-refractivity contribution in [2.24, 2.45) is 0 Å². The molecule has 0 spiro atoms. The van der Waals surface area contributed by atoms with E-state index in [9.17, 15) is 13.2 Å². The van der Waals surface area contributed by atoms with Crippen LogP contribution >= 0.6 is 11.3 Å². The number of aryl methyl sites for hydroxylation is 1. The lowest BCUT2D eigenvalue weighted by Gasteiger charge is -2.19. The van der Waals surface area contributed by atoms with Crippen molar-refractivity contribution in [1.82, 2.24) is 9.62 Å². The largest absolute Gasteiger partial charge is 0.345 e. The van der Waals surface area contributed by atoms with Crippen LogP contribution in [0.4, 0.5) is 0 Å². The van der Waals surface area contributed by atoms with E-state index < -0.39 is 10.0 Å². The number of carbonyl (C=O) groups excluding carboxylic acids is 1. The lowest BCUT2D eigenvalue weighted by Crippen LogP contribution is -2.30. The van der Waals surface area contributed by atoms with Crippen molar-refractivity contribution in [2.45, 2.75) is 38.6 Å². The molecule has 1 N–H and O–H groups in total. The van der Waals surface area contributed by atoms with Gasteiger partial charge >= 0.3 is 0 Å². The van der Waals surface area contributed by atoms with Gasteiger partial charge < -0.3 is 5.32 Å². The van der Waals surface area contributed by atoms with Crippen LogP contribution in [-0.2, 0) is 10.0 Å². The van der Waals surface area contributed by atoms with E-state index >= 15 is 0 Å². The maximum atomic E-state index is 12.5. The highest BCUT2D eigenvalue weighted by Crippen LogP contribution is 2.21. The molecule has 1 heterocycles. The van der Waals surface area contributed by atoms with Crippen LogP contribution in [0.25, 0.3) is 0 Å². The summed E-state index contributed by atoms with van der Waals surface area (Å²) < 4.78 is 26.4. The monoisotopic (exact) mass is 380 g/mol. The average molecular weight is 381 g/mol. The second kappa shape index (κ2) is 8.12. The molecular weight excluding hydrogens is 356 g/mol. The van der Waals surface area contributed by atoms with E-state index in [1.165, 1.54) is 15.6 Å². The Labute approximate surface area is 153 Å². The summed E-state index contributed by atoms with van der Waals surface area (Å²) in [5.74, 6) is -0.120. The minimum atomic E-state index is -3.46. The van der Waals surface area contributed by atoms with Crippen LogP contribution in [0.3, 0.4) is 0 Å². The SMILES string of the molecule is CCN(CC)S(=O)(=O)c1ccc([C@H](C)NC(=O)c2ccc(C)s2)cc1. The Hall–Kier alpha value is -1.70. The molecular formula is C18H24N2O3S2. The van der Waals surface area contributed by atoms with Crippen molar-refractivity contribution >= 4 is 27.3 Å². The zero-order valence-electron chi connectivity index (χ0n) is 14.9. The molecule has 0 unspecified atom stereocenters. The van der Waals surface area contributed by atoms with E-state index in [4.69, 9.17) is 0 Å². The fraction of sp³-hybridized carbons (Fsp3) is 0.389. The third-order valence-electron chi connectivity index (χ3n) is 4.04. The molecule has 0 aliphatic carbocycles. The molecule has 1 aromatic heterocycles. The van der Waals surface area contributed by atoms with E-state index in [0.717, 1.165) is 10.4 Å². The van der Waals surface area contributed by atoms with E-state index in [-0.39, 0.29) is 16.8 Å². The second-order valence-electron chi connectivity index (χ2n) is 5.76. The van der Waals surface area contributed by atoms with E-state index in [2.05, 4.69) is 5.32 Å². The highest BCUT2D eigenvalue weighted by atomic mass is 32.2. The zero-order valence-corrected chi connectivity index (χ0v) is 16.6. The topological polar surface area (TPSA) is 66.5 Å². The maximum Gasteiger partial charge on any atom is 0.261 e. The van der Waals surface area contributed by atoms with Crippen molar-refractivity contribution in [3.8, 4) is 0 Å². The number of hydrogen-bond acceptors (Lipinski definition) is 4. The van der Waals surface area contributed by atoms with Crippen molar-refractivity contribution in [1.29, 1.82) is 0 Å². The molecule has 0 radical (unpaired) electrons. The van der Waals surface area contributed by atoms with E-state index in [1.54, 1.807) is 24.3 Å². The number of sulfonamides is 1. The Kier molecular flexibility index (Phi) is 6.37. The molecule has 1 atom stereocenters. The number of nitrogens with zero attached hydrogens (tertiary/aromatic N) is 1. The summed E-state index contributed by atoms with van der Waals surface area (Å²) >= 11 is 1.45. The molecule has 5 nitrogen and oxygen atoms in total. The molecule has 2 rings (SSSR count). The molecule has 1 amide bonds. The minimum absolute atomic E-state index is 0.120. The Balaban J connectivity index is 2.12. The molecule has 0 bridgehead atoms. The van der Waals surface area contributed by atoms with E-state index in [0.29, 0.717) is 18.0 Å². The van der Waals surface area contributed by atoms with Gasteiger partial charge in [0.1, 0.15) is 0 Å². The van der Waals surface area contributed by atoms with Crippen molar-refractivity contribution in [2.75, 3.05) is 13.1 Å². The normalized spacial score (nSPS) is 13.0. The Morgan fingerprint density at radius 2 is 1.72 bits per heavy atom. The molecule has 0 aliphatic rings. The van der Waals surface area contributed by atoms with Crippen LogP contribution in [0.5, 0.6) is 0 Å². The van der Waals surface area contributed by atoms with Crippen LogP contribution in [0.15, 0.2) is 41.3 Å². The number of benzene rings is 1. The predicted molar refractivity (Wildman–Crippen MR) is 101 cm³/mol. The molecule has 0 aliphatic heterocycles. The fourth-order valence-electron chi connectivity index (χ4n) is 2.55. The smallest absolute Gasteiger partial charge is 0.261 e. The summed E-state index contributed by atoms with van der Waals surface area (Å²) in [5, 5.41) is 2.94. The first-order valence-corrected chi connectivity index (χ1v) is 10.5. The average Bonchev–Trinajstić information content (AvgIpc) is 3.02. The molecule has 7 heteroatoms. The van der Waals surface area contributed by atoms with Gasteiger partial charge in [0.25, 0.3) is 5.91 Å². The lowest BCUT2D eigenvalue weighted by molar-refractivity contribution is 0.0944. The number of amides is 1. The molecule has 0 fully saturated rings. The van der Waals surface area contributed by atoms with Gasteiger partial charge in [0.2, 0.25) is 10.0 Å². The number of carbonyl (C=O) groups is 1. The Bertz CT molecular complexity index is 822. The van der Waals surface area contributed by atoms with Crippen LogP contribution in [-0.4, -0.2) is 31.7 Å². The first-order valence-electron chi connectivity index (χ1n) is 8.27. The number of nitrogens with one attached hydrogen (secondary N) is 1. The standard InChI is InChI=1S/C18H24N2O3S2/c1-5-20(6-2)25(22,23)16-10-8-15(9-11-16)14(4)19-18(21)17-12-7-13(3)24-17/h7-12,14H,5-6H2,1-4H3,(H,19,21)/t14-/m0/s1. The molecule has 136 valence electrons. The van der Waals surface area contributed by atoms with Crippen molar-refractivity contribution in [3.05, 3.63) is 51.7 Å². The molecule has 25 heavy (non-hydrogen) atoms. The quantitative estimate of drug-likeness (QED) is 0.798. The third kappa shape index (κ3) is 4.48. The summed E-state index contributed by atoms with van der Waals surface area (Å²) in [6, 6.07) is 10.2.